The molecule has 1 amide bonds. The van der Waals surface area contributed by atoms with Crippen molar-refractivity contribution in [3.05, 3.63) is 52.9 Å². The monoisotopic (exact) mass is 490 g/mol. The summed E-state index contributed by atoms with van der Waals surface area (Å²) in [6, 6.07) is 12.1. The Hall–Kier alpha value is -2.66. The van der Waals surface area contributed by atoms with E-state index in [2.05, 4.69) is 10.2 Å². The first-order chi connectivity index (χ1) is 15.4. The summed E-state index contributed by atoms with van der Waals surface area (Å²) in [4.78, 5) is 18.5. The van der Waals surface area contributed by atoms with E-state index in [4.69, 9.17) is 21.3 Å². The van der Waals surface area contributed by atoms with E-state index in [9.17, 15) is 13.2 Å². The molecule has 0 radical (unpaired) electrons. The fourth-order valence-electron chi connectivity index (χ4n) is 3.65. The van der Waals surface area contributed by atoms with Gasteiger partial charge in [0.25, 0.3) is 5.91 Å². The second kappa shape index (κ2) is 8.36. The molecule has 0 aliphatic carbocycles. The molecule has 1 fully saturated rings. The Labute approximate surface area is 194 Å². The fraction of sp³-hybridized carbons (Fsp3) is 0.238. The van der Waals surface area contributed by atoms with Crippen molar-refractivity contribution in [1.82, 2.24) is 9.29 Å². The van der Waals surface area contributed by atoms with E-state index < -0.39 is 10.0 Å². The van der Waals surface area contributed by atoms with Gasteiger partial charge in [0.15, 0.2) is 11.7 Å². The van der Waals surface area contributed by atoms with Gasteiger partial charge in [-0.05, 0) is 30.3 Å². The first-order valence-electron chi connectivity index (χ1n) is 9.93. The van der Waals surface area contributed by atoms with Crippen molar-refractivity contribution in [3.63, 3.8) is 0 Å². The third-order valence-corrected chi connectivity index (χ3v) is 8.41. The second-order valence-electron chi connectivity index (χ2n) is 7.41. The van der Waals surface area contributed by atoms with E-state index in [0.29, 0.717) is 42.6 Å². The average Bonchev–Trinajstić information content (AvgIpc) is 3.29. The lowest BCUT2D eigenvalue weighted by Gasteiger charge is -2.34. The molecule has 2 aromatic carbocycles. The van der Waals surface area contributed by atoms with Gasteiger partial charge in [-0.15, -0.1) is 11.3 Å². The minimum absolute atomic E-state index is 0.0719. The molecule has 11 heteroatoms. The third-order valence-electron chi connectivity index (χ3n) is 5.36. The van der Waals surface area contributed by atoms with Crippen LogP contribution < -0.4 is 15.0 Å². The van der Waals surface area contributed by atoms with Crippen molar-refractivity contribution >= 4 is 49.7 Å². The van der Waals surface area contributed by atoms with Gasteiger partial charge in [-0.3, -0.25) is 4.79 Å². The Morgan fingerprint density at radius 2 is 1.81 bits per heavy atom. The van der Waals surface area contributed by atoms with E-state index in [1.54, 1.807) is 6.07 Å². The second-order valence-corrected chi connectivity index (χ2v) is 10.6. The molecule has 0 saturated carbocycles. The van der Waals surface area contributed by atoms with Crippen LogP contribution in [0, 0.1) is 0 Å². The highest BCUT2D eigenvalue weighted by atomic mass is 35.5. The van der Waals surface area contributed by atoms with Crippen LogP contribution in [0.5, 0.6) is 5.75 Å². The normalized spacial score (nSPS) is 16.9. The number of rotatable bonds is 4. The number of nitrogens with one attached hydrogen (secondary N) is 1. The number of aromatic nitrogens is 1. The molecule has 3 heterocycles. The van der Waals surface area contributed by atoms with Gasteiger partial charge in [0.1, 0.15) is 5.75 Å². The number of amides is 1. The number of carbonyl (C=O) groups is 1. The Balaban J connectivity index is 1.28. The van der Waals surface area contributed by atoms with Gasteiger partial charge in [0, 0.05) is 42.1 Å². The van der Waals surface area contributed by atoms with Gasteiger partial charge in [-0.2, -0.15) is 4.31 Å². The van der Waals surface area contributed by atoms with E-state index in [0.717, 1.165) is 16.4 Å². The lowest BCUT2D eigenvalue weighted by Crippen LogP contribution is -2.48. The number of fused-ring (bicyclic) bond motifs is 1. The topological polar surface area (TPSA) is 91.8 Å². The number of thiazole rings is 1. The van der Waals surface area contributed by atoms with Gasteiger partial charge in [0.2, 0.25) is 10.0 Å². The summed E-state index contributed by atoms with van der Waals surface area (Å²) in [5.74, 6) is 0.163. The molecular weight excluding hydrogens is 472 g/mol. The minimum atomic E-state index is -3.69. The van der Waals surface area contributed by atoms with Crippen LogP contribution >= 0.6 is 22.9 Å². The van der Waals surface area contributed by atoms with Gasteiger partial charge in [-0.25, -0.2) is 13.4 Å². The maximum Gasteiger partial charge on any atom is 0.262 e. The number of benzene rings is 2. The van der Waals surface area contributed by atoms with Crippen molar-refractivity contribution < 1.29 is 17.9 Å². The summed E-state index contributed by atoms with van der Waals surface area (Å²) in [5, 5.41) is 6.18. The number of hydrogen-bond donors (Lipinski definition) is 1. The molecule has 2 aliphatic heterocycles. The van der Waals surface area contributed by atoms with Gasteiger partial charge >= 0.3 is 0 Å². The first kappa shape index (κ1) is 21.2. The molecule has 1 saturated heterocycles. The van der Waals surface area contributed by atoms with Gasteiger partial charge in [0.05, 0.1) is 16.3 Å². The lowest BCUT2D eigenvalue weighted by atomic mass is 10.2. The number of anilines is 2. The van der Waals surface area contributed by atoms with Crippen LogP contribution in [0.2, 0.25) is 5.02 Å². The van der Waals surface area contributed by atoms with Crippen molar-refractivity contribution in [2.45, 2.75) is 4.90 Å². The smallest absolute Gasteiger partial charge is 0.262 e. The number of piperazine rings is 1. The third kappa shape index (κ3) is 4.06. The quantitative estimate of drug-likeness (QED) is 0.603. The van der Waals surface area contributed by atoms with Crippen molar-refractivity contribution in [1.29, 1.82) is 0 Å². The zero-order valence-corrected chi connectivity index (χ0v) is 19.2. The summed E-state index contributed by atoms with van der Waals surface area (Å²) in [5.41, 5.74) is 2.23. The van der Waals surface area contributed by atoms with Crippen LogP contribution in [0.15, 0.2) is 52.7 Å². The molecule has 0 spiro atoms. The molecule has 166 valence electrons. The SMILES string of the molecule is O=C1COc2ccc(S(=O)(=O)N3CCN(c4nc(-c5ccc(Cl)cc5)cs4)CC3)cc2N1. The van der Waals surface area contributed by atoms with E-state index in [1.165, 1.54) is 27.8 Å². The highest BCUT2D eigenvalue weighted by molar-refractivity contribution is 7.89. The zero-order valence-electron chi connectivity index (χ0n) is 16.8. The number of sulfonamides is 1. The summed E-state index contributed by atoms with van der Waals surface area (Å²) < 4.78 is 33.1. The van der Waals surface area contributed by atoms with Crippen LogP contribution in [0.3, 0.4) is 0 Å². The molecular formula is C21H19ClN4O4S2. The largest absolute Gasteiger partial charge is 0.482 e. The number of nitrogens with zero attached hydrogens (tertiary/aromatic N) is 3. The lowest BCUT2D eigenvalue weighted by molar-refractivity contribution is -0.118. The molecule has 0 atom stereocenters. The number of hydrogen-bond acceptors (Lipinski definition) is 7. The van der Waals surface area contributed by atoms with E-state index >= 15 is 0 Å². The number of halogens is 1. The Kier molecular flexibility index (Phi) is 5.54. The maximum atomic E-state index is 13.1. The molecule has 32 heavy (non-hydrogen) atoms. The van der Waals surface area contributed by atoms with E-state index in [-0.39, 0.29) is 17.4 Å². The number of carbonyl (C=O) groups excluding carboxylic acids is 1. The van der Waals surface area contributed by atoms with Gasteiger partial charge in [-0.1, -0.05) is 23.7 Å². The van der Waals surface area contributed by atoms with E-state index in [1.807, 2.05) is 29.6 Å². The Bertz CT molecular complexity index is 1270. The summed E-state index contributed by atoms with van der Waals surface area (Å²) in [6.07, 6.45) is 0. The van der Waals surface area contributed by atoms with Crippen LogP contribution in [0.4, 0.5) is 10.8 Å². The average molecular weight is 491 g/mol. The predicted octanol–water partition coefficient (Wildman–Crippen LogP) is 3.31. The standard InChI is InChI=1S/C21H19ClN4O4S2/c22-15-3-1-14(2-4-15)18-13-31-21(24-18)25-7-9-26(10-8-25)32(28,29)16-5-6-19-17(11-16)23-20(27)12-30-19/h1-6,11,13H,7-10,12H2,(H,23,27). The van der Waals surface area contributed by atoms with Crippen molar-refractivity contribution in [2.75, 3.05) is 43.0 Å². The van der Waals surface area contributed by atoms with Crippen LogP contribution in [-0.4, -0.2) is 56.4 Å². The molecule has 5 rings (SSSR count). The van der Waals surface area contributed by atoms with Crippen LogP contribution in [0.1, 0.15) is 0 Å². The fourth-order valence-corrected chi connectivity index (χ4v) is 6.12. The van der Waals surface area contributed by atoms with Crippen molar-refractivity contribution in [2.24, 2.45) is 0 Å². The Morgan fingerprint density at radius 3 is 2.56 bits per heavy atom. The molecule has 3 aromatic rings. The highest BCUT2D eigenvalue weighted by Gasteiger charge is 2.30. The summed E-state index contributed by atoms with van der Waals surface area (Å²) in [7, 11) is -3.69. The van der Waals surface area contributed by atoms with Gasteiger partial charge < -0.3 is 15.0 Å². The maximum absolute atomic E-state index is 13.1. The highest BCUT2D eigenvalue weighted by Crippen LogP contribution is 2.32. The molecule has 2 aliphatic rings. The summed E-state index contributed by atoms with van der Waals surface area (Å²) in [6.45, 7) is 1.70. The van der Waals surface area contributed by atoms with Crippen LogP contribution in [0.25, 0.3) is 11.3 Å². The van der Waals surface area contributed by atoms with Crippen molar-refractivity contribution in [3.8, 4) is 17.0 Å². The minimum Gasteiger partial charge on any atom is -0.482 e. The zero-order chi connectivity index (χ0) is 22.3. The Morgan fingerprint density at radius 1 is 1.06 bits per heavy atom. The molecule has 0 bridgehead atoms. The number of ether oxygens (including phenoxy) is 1. The molecule has 1 N–H and O–H groups in total. The summed E-state index contributed by atoms with van der Waals surface area (Å²) >= 11 is 7.49. The first-order valence-corrected chi connectivity index (χ1v) is 12.6. The molecule has 8 nitrogen and oxygen atoms in total. The van der Waals surface area contributed by atoms with Crippen LogP contribution in [-0.2, 0) is 14.8 Å². The molecule has 1 aromatic heterocycles. The molecule has 0 unspecified atom stereocenters. The predicted molar refractivity (Wildman–Crippen MR) is 124 cm³/mol.